The van der Waals surface area contributed by atoms with Crippen LogP contribution in [0.3, 0.4) is 0 Å². The number of hydrogen-bond donors (Lipinski definition) is 3. The van der Waals surface area contributed by atoms with Crippen molar-refractivity contribution >= 4 is 0 Å². The Kier molecular flexibility index (Phi) is 6.40. The second-order valence-electron chi connectivity index (χ2n) is 12.0. The number of aliphatic hydroxyl groups is 2. The molecule has 2 bridgehead atoms. The van der Waals surface area contributed by atoms with Gasteiger partial charge in [0.1, 0.15) is 0 Å². The van der Waals surface area contributed by atoms with Gasteiger partial charge in [-0.2, -0.15) is 7.05 Å². The van der Waals surface area contributed by atoms with Gasteiger partial charge in [0, 0.05) is 17.8 Å². The van der Waals surface area contributed by atoms with E-state index in [1.165, 1.54) is 5.57 Å². The average Bonchev–Trinajstić information content (AvgIpc) is 2.68. The lowest BCUT2D eigenvalue weighted by Crippen LogP contribution is -2.69. The molecule has 32 heavy (non-hydrogen) atoms. The number of nitrogens with zero attached hydrogens (tertiary/aromatic N) is 1. The van der Waals surface area contributed by atoms with Crippen LogP contribution in [-0.2, 0) is 9.47 Å². The van der Waals surface area contributed by atoms with Gasteiger partial charge in [0.05, 0.1) is 30.5 Å². The van der Waals surface area contributed by atoms with Crippen molar-refractivity contribution in [1.29, 1.82) is 0 Å². The Morgan fingerprint density at radius 2 is 1.97 bits per heavy atom. The van der Waals surface area contributed by atoms with Gasteiger partial charge in [-0.15, -0.1) is 6.04 Å². The fraction of sp³-hybridized carbons (Fsp3) is 0.923. The Balaban J connectivity index is 1.83. The molecule has 2 saturated carbocycles. The van der Waals surface area contributed by atoms with Crippen LogP contribution in [0.15, 0.2) is 11.1 Å². The Morgan fingerprint density at radius 1 is 1.28 bits per heavy atom. The molecule has 6 nitrogen and oxygen atoms in total. The number of aliphatic hydroxyl groups excluding tert-OH is 1. The number of hydrogen-bond acceptors (Lipinski definition) is 5. The van der Waals surface area contributed by atoms with E-state index in [4.69, 9.17) is 20.5 Å². The number of nitrogens with two attached hydrogens (primary N) is 1. The van der Waals surface area contributed by atoms with Crippen molar-refractivity contribution < 1.29 is 19.7 Å². The van der Waals surface area contributed by atoms with Crippen molar-refractivity contribution in [3.63, 3.8) is 0 Å². The van der Waals surface area contributed by atoms with Crippen LogP contribution in [0.25, 0.3) is 5.32 Å². The van der Waals surface area contributed by atoms with Crippen LogP contribution in [0, 0.1) is 28.6 Å². The van der Waals surface area contributed by atoms with E-state index in [0.717, 1.165) is 31.4 Å². The summed E-state index contributed by atoms with van der Waals surface area (Å²) in [6, 6.07) is -0.654. The van der Waals surface area contributed by atoms with Crippen LogP contribution in [0.1, 0.15) is 73.6 Å². The van der Waals surface area contributed by atoms with Crippen molar-refractivity contribution in [2.45, 2.75) is 110 Å². The summed E-state index contributed by atoms with van der Waals surface area (Å²) in [5.74, 6) is 1.03. The molecule has 1 saturated heterocycles. The third-order valence-corrected chi connectivity index (χ3v) is 9.92. The quantitative estimate of drug-likeness (QED) is 0.439. The first kappa shape index (κ1) is 24.6. The summed E-state index contributed by atoms with van der Waals surface area (Å²) in [4.78, 5) is 0. The molecule has 4 rings (SSSR count). The van der Waals surface area contributed by atoms with Crippen LogP contribution in [0.5, 0.6) is 0 Å². The molecule has 6 heteroatoms. The Morgan fingerprint density at radius 3 is 2.53 bits per heavy atom. The molecule has 0 aromatic heterocycles. The number of ether oxygens (including phenoxy) is 2. The smallest absolute Gasteiger partial charge is 0.170 e. The molecule has 4 N–H and O–H groups in total. The zero-order valence-electron chi connectivity index (χ0n) is 21.1. The SMILES string of the molecule is CC[C@H](N)[C@@H](O)O[C@H]1C[C@@]2(O)C([N-]C)C3C4COC4CC[C@@]3(C)CC(C)C(=C1C)C2(C)C. The summed E-state index contributed by atoms with van der Waals surface area (Å²) in [6.45, 7) is 13.9. The maximum atomic E-state index is 12.6. The standard InChI is InChI=1S/C26H45N2O4/c1-8-17(27)23(29)32-19-12-26(30)22(28-7)21-16-13-31-18(16)9-10-25(21,6)11-14(2)20(15(19)3)24(26,4)5/h14,16-19,21-23,29-30H,8-13,27H2,1-7H3/q-1/t14?,16?,17-,18?,19-,21?,22?,23-,25-,26+/m0/s1. The van der Waals surface area contributed by atoms with E-state index in [9.17, 15) is 10.2 Å². The highest BCUT2D eigenvalue weighted by Gasteiger charge is 2.63. The fourth-order valence-electron chi connectivity index (χ4n) is 8.16. The van der Waals surface area contributed by atoms with E-state index in [0.29, 0.717) is 30.8 Å². The molecular formula is C26H45N2O4-. The largest absolute Gasteiger partial charge is 0.660 e. The van der Waals surface area contributed by atoms with Crippen molar-refractivity contribution in [3.05, 3.63) is 16.5 Å². The normalized spacial score (nSPS) is 47.4. The highest BCUT2D eigenvalue weighted by Crippen LogP contribution is 2.64. The predicted molar refractivity (Wildman–Crippen MR) is 126 cm³/mol. The minimum Gasteiger partial charge on any atom is -0.660 e. The molecule has 3 aliphatic carbocycles. The average molecular weight is 450 g/mol. The van der Waals surface area contributed by atoms with E-state index in [2.05, 4.69) is 34.6 Å². The summed E-state index contributed by atoms with van der Waals surface area (Å²) in [5, 5.41) is 28.2. The van der Waals surface area contributed by atoms with Crippen molar-refractivity contribution in [3.8, 4) is 0 Å². The predicted octanol–water partition coefficient (Wildman–Crippen LogP) is 3.75. The third-order valence-electron chi connectivity index (χ3n) is 9.92. The first-order valence-corrected chi connectivity index (χ1v) is 12.6. The molecular weight excluding hydrogens is 404 g/mol. The van der Waals surface area contributed by atoms with E-state index >= 15 is 0 Å². The maximum Gasteiger partial charge on any atom is 0.170 e. The van der Waals surface area contributed by atoms with Gasteiger partial charge in [-0.05, 0) is 55.4 Å². The molecule has 0 aromatic rings. The Bertz CT molecular complexity index is 754. The van der Waals surface area contributed by atoms with Crippen molar-refractivity contribution in [2.24, 2.45) is 34.3 Å². The molecule has 0 radical (unpaired) electrons. The fourth-order valence-corrected chi connectivity index (χ4v) is 8.16. The van der Waals surface area contributed by atoms with Crippen LogP contribution < -0.4 is 5.73 Å². The molecule has 0 aromatic carbocycles. The Labute approximate surface area is 194 Å². The van der Waals surface area contributed by atoms with E-state index in [1.807, 2.05) is 14.0 Å². The van der Waals surface area contributed by atoms with Gasteiger partial charge >= 0.3 is 0 Å². The summed E-state index contributed by atoms with van der Waals surface area (Å²) in [5.41, 5.74) is 7.09. The van der Waals surface area contributed by atoms with Gasteiger partial charge in [-0.3, -0.25) is 0 Å². The number of fused-ring (bicyclic) bond motifs is 5. The molecule has 0 amide bonds. The van der Waals surface area contributed by atoms with Gasteiger partial charge in [-0.25, -0.2) is 0 Å². The van der Waals surface area contributed by atoms with Gasteiger partial charge in [0.15, 0.2) is 6.29 Å². The lowest BCUT2D eigenvalue weighted by atomic mass is 9.45. The second kappa shape index (κ2) is 8.31. The van der Waals surface area contributed by atoms with Gasteiger partial charge in [0.2, 0.25) is 0 Å². The summed E-state index contributed by atoms with van der Waals surface area (Å²) in [7, 11) is 1.87. The molecule has 1 heterocycles. The number of likely N-dealkylation sites (N-methyl/N-ethyl adjacent to an activating group) is 1. The minimum atomic E-state index is -1.07. The molecule has 0 spiro atoms. The van der Waals surface area contributed by atoms with E-state index in [-0.39, 0.29) is 23.5 Å². The van der Waals surface area contributed by atoms with Gasteiger partial charge in [0.25, 0.3) is 0 Å². The lowest BCUT2D eigenvalue weighted by molar-refractivity contribution is -0.229. The summed E-state index contributed by atoms with van der Waals surface area (Å²) < 4.78 is 12.1. The van der Waals surface area contributed by atoms with E-state index < -0.39 is 23.3 Å². The maximum absolute atomic E-state index is 12.6. The lowest BCUT2D eigenvalue weighted by Gasteiger charge is -2.69. The van der Waals surface area contributed by atoms with Crippen LogP contribution in [0.2, 0.25) is 0 Å². The third kappa shape index (κ3) is 3.44. The first-order valence-electron chi connectivity index (χ1n) is 12.6. The summed E-state index contributed by atoms with van der Waals surface area (Å²) >= 11 is 0. The number of rotatable bonds is 5. The molecule has 3 fully saturated rings. The molecule has 184 valence electrons. The zero-order chi connectivity index (χ0) is 23.6. The zero-order valence-corrected chi connectivity index (χ0v) is 21.1. The monoisotopic (exact) mass is 449 g/mol. The van der Waals surface area contributed by atoms with E-state index in [1.54, 1.807) is 0 Å². The van der Waals surface area contributed by atoms with Crippen LogP contribution in [-0.4, -0.2) is 60.1 Å². The summed E-state index contributed by atoms with van der Waals surface area (Å²) in [6.07, 6.45) is 3.22. The second-order valence-corrected chi connectivity index (χ2v) is 12.0. The highest BCUT2D eigenvalue weighted by atomic mass is 16.6. The molecule has 1 aliphatic heterocycles. The molecule has 10 atom stereocenters. The molecule has 5 unspecified atom stereocenters. The van der Waals surface area contributed by atoms with Crippen molar-refractivity contribution in [2.75, 3.05) is 13.7 Å². The van der Waals surface area contributed by atoms with Gasteiger partial charge in [-0.1, -0.05) is 40.2 Å². The van der Waals surface area contributed by atoms with Crippen molar-refractivity contribution in [1.82, 2.24) is 0 Å². The minimum absolute atomic E-state index is 0.113. The van der Waals surface area contributed by atoms with Crippen LogP contribution in [0.4, 0.5) is 0 Å². The molecule has 4 aliphatic rings. The Hall–Kier alpha value is -0.500. The highest BCUT2D eigenvalue weighted by molar-refractivity contribution is 5.38. The van der Waals surface area contributed by atoms with Gasteiger partial charge < -0.3 is 30.7 Å². The van der Waals surface area contributed by atoms with Crippen LogP contribution >= 0.6 is 0 Å². The first-order chi connectivity index (χ1) is 14.9. The topological polar surface area (TPSA) is 99.0 Å².